The molecular weight excluding hydrogens is 222 g/mol. The molecule has 3 heteroatoms. The van der Waals surface area contributed by atoms with Gasteiger partial charge >= 0.3 is 0 Å². The molecular formula is C15H19N3. The standard InChI is InChI=1S/C15H19N3/c1-4-12-6-5-7-13(8-12)15(16-3)14-10-17-11(2)9-18-14/h5-10,15-16H,4H2,1-3H3. The lowest BCUT2D eigenvalue weighted by Gasteiger charge is -2.16. The number of rotatable bonds is 4. The summed E-state index contributed by atoms with van der Waals surface area (Å²) in [5.74, 6) is 0. The third-order valence-electron chi connectivity index (χ3n) is 3.08. The highest BCUT2D eigenvalue weighted by Gasteiger charge is 2.13. The number of aryl methyl sites for hydroxylation is 2. The van der Waals surface area contributed by atoms with Crippen molar-refractivity contribution < 1.29 is 0 Å². The van der Waals surface area contributed by atoms with Crippen molar-refractivity contribution in [3.8, 4) is 0 Å². The van der Waals surface area contributed by atoms with E-state index in [1.165, 1.54) is 11.1 Å². The quantitative estimate of drug-likeness (QED) is 0.894. The molecule has 3 nitrogen and oxygen atoms in total. The Hall–Kier alpha value is -1.74. The Morgan fingerprint density at radius 3 is 2.67 bits per heavy atom. The van der Waals surface area contributed by atoms with Gasteiger partial charge in [0.1, 0.15) is 0 Å². The van der Waals surface area contributed by atoms with Gasteiger partial charge in [-0.3, -0.25) is 9.97 Å². The van der Waals surface area contributed by atoms with Crippen molar-refractivity contribution in [3.05, 3.63) is 59.2 Å². The summed E-state index contributed by atoms with van der Waals surface area (Å²) in [5, 5.41) is 3.30. The Kier molecular flexibility index (Phi) is 4.05. The topological polar surface area (TPSA) is 37.8 Å². The van der Waals surface area contributed by atoms with E-state index in [-0.39, 0.29) is 6.04 Å². The lowest BCUT2D eigenvalue weighted by Crippen LogP contribution is -2.19. The molecule has 18 heavy (non-hydrogen) atoms. The Morgan fingerprint density at radius 2 is 2.06 bits per heavy atom. The van der Waals surface area contributed by atoms with E-state index in [4.69, 9.17) is 0 Å². The highest BCUT2D eigenvalue weighted by molar-refractivity contribution is 5.30. The highest BCUT2D eigenvalue weighted by Crippen LogP contribution is 2.20. The zero-order valence-corrected chi connectivity index (χ0v) is 11.1. The van der Waals surface area contributed by atoms with Gasteiger partial charge in [-0.25, -0.2) is 0 Å². The van der Waals surface area contributed by atoms with E-state index in [1.54, 1.807) is 0 Å². The van der Waals surface area contributed by atoms with Crippen molar-refractivity contribution in [2.24, 2.45) is 0 Å². The van der Waals surface area contributed by atoms with Crippen LogP contribution in [0.4, 0.5) is 0 Å². The zero-order valence-electron chi connectivity index (χ0n) is 11.1. The number of aromatic nitrogens is 2. The van der Waals surface area contributed by atoms with Gasteiger partial charge in [-0.15, -0.1) is 0 Å². The van der Waals surface area contributed by atoms with Crippen LogP contribution in [0.15, 0.2) is 36.7 Å². The fourth-order valence-corrected chi connectivity index (χ4v) is 2.03. The SMILES string of the molecule is CCc1cccc(C(NC)c2cnc(C)cn2)c1. The van der Waals surface area contributed by atoms with Gasteiger partial charge in [0.2, 0.25) is 0 Å². The van der Waals surface area contributed by atoms with Gasteiger partial charge in [0, 0.05) is 6.20 Å². The molecule has 1 unspecified atom stereocenters. The number of benzene rings is 1. The molecule has 0 aliphatic carbocycles. The molecule has 0 amide bonds. The first-order valence-electron chi connectivity index (χ1n) is 6.29. The van der Waals surface area contributed by atoms with Crippen LogP contribution in [0.5, 0.6) is 0 Å². The smallest absolute Gasteiger partial charge is 0.0801 e. The van der Waals surface area contributed by atoms with E-state index in [0.717, 1.165) is 17.8 Å². The van der Waals surface area contributed by atoms with Crippen molar-refractivity contribution in [2.75, 3.05) is 7.05 Å². The summed E-state index contributed by atoms with van der Waals surface area (Å²) in [6, 6.07) is 8.70. The molecule has 0 bridgehead atoms. The first-order chi connectivity index (χ1) is 8.74. The zero-order chi connectivity index (χ0) is 13.0. The summed E-state index contributed by atoms with van der Waals surface area (Å²) < 4.78 is 0. The first-order valence-corrected chi connectivity index (χ1v) is 6.29. The lowest BCUT2D eigenvalue weighted by atomic mass is 10.0. The van der Waals surface area contributed by atoms with Crippen LogP contribution >= 0.6 is 0 Å². The van der Waals surface area contributed by atoms with Crippen LogP contribution in [-0.4, -0.2) is 17.0 Å². The van der Waals surface area contributed by atoms with Crippen LogP contribution in [0.2, 0.25) is 0 Å². The molecule has 0 aliphatic rings. The van der Waals surface area contributed by atoms with Crippen LogP contribution in [0.1, 0.15) is 35.5 Å². The molecule has 2 rings (SSSR count). The summed E-state index contributed by atoms with van der Waals surface area (Å²) in [6.07, 6.45) is 4.70. The van der Waals surface area contributed by atoms with E-state index < -0.39 is 0 Å². The number of hydrogen-bond acceptors (Lipinski definition) is 3. The number of hydrogen-bond donors (Lipinski definition) is 1. The minimum absolute atomic E-state index is 0.101. The maximum absolute atomic E-state index is 4.46. The van der Waals surface area contributed by atoms with E-state index >= 15 is 0 Å². The highest BCUT2D eigenvalue weighted by atomic mass is 14.9. The molecule has 1 N–H and O–H groups in total. The predicted octanol–water partition coefficient (Wildman–Crippen LogP) is 2.66. The lowest BCUT2D eigenvalue weighted by molar-refractivity contribution is 0.664. The average molecular weight is 241 g/mol. The molecule has 0 saturated heterocycles. The van der Waals surface area contributed by atoms with E-state index in [2.05, 4.69) is 46.5 Å². The molecule has 1 atom stereocenters. The van der Waals surface area contributed by atoms with Crippen molar-refractivity contribution in [1.29, 1.82) is 0 Å². The third kappa shape index (κ3) is 2.74. The van der Waals surface area contributed by atoms with Crippen molar-refractivity contribution >= 4 is 0 Å². The van der Waals surface area contributed by atoms with Gasteiger partial charge in [0.15, 0.2) is 0 Å². The fraction of sp³-hybridized carbons (Fsp3) is 0.333. The Bertz CT molecular complexity index is 505. The van der Waals surface area contributed by atoms with Crippen LogP contribution in [0.3, 0.4) is 0 Å². The van der Waals surface area contributed by atoms with Crippen LogP contribution in [0.25, 0.3) is 0 Å². The van der Waals surface area contributed by atoms with Gasteiger partial charge in [-0.2, -0.15) is 0 Å². The maximum Gasteiger partial charge on any atom is 0.0801 e. The van der Waals surface area contributed by atoms with Gasteiger partial charge < -0.3 is 5.32 Å². The van der Waals surface area contributed by atoms with E-state index in [9.17, 15) is 0 Å². The Labute approximate surface area is 108 Å². The number of nitrogens with one attached hydrogen (secondary N) is 1. The molecule has 0 aliphatic heterocycles. The third-order valence-corrected chi connectivity index (χ3v) is 3.08. The molecule has 1 aromatic heterocycles. The summed E-state index contributed by atoms with van der Waals surface area (Å²) >= 11 is 0. The van der Waals surface area contributed by atoms with Crippen molar-refractivity contribution in [3.63, 3.8) is 0 Å². The molecule has 1 aromatic carbocycles. The molecule has 0 radical (unpaired) electrons. The number of nitrogens with zero attached hydrogens (tertiary/aromatic N) is 2. The second kappa shape index (κ2) is 5.74. The second-order valence-electron chi connectivity index (χ2n) is 4.40. The van der Waals surface area contributed by atoms with Gasteiger partial charge in [-0.1, -0.05) is 31.2 Å². The van der Waals surface area contributed by atoms with Gasteiger partial charge in [-0.05, 0) is 31.5 Å². The van der Waals surface area contributed by atoms with Gasteiger partial charge in [0.05, 0.1) is 23.6 Å². The van der Waals surface area contributed by atoms with Gasteiger partial charge in [0.25, 0.3) is 0 Å². The monoisotopic (exact) mass is 241 g/mol. The predicted molar refractivity (Wildman–Crippen MR) is 73.5 cm³/mol. The maximum atomic E-state index is 4.46. The molecule has 94 valence electrons. The Balaban J connectivity index is 2.35. The van der Waals surface area contributed by atoms with Crippen LogP contribution in [-0.2, 0) is 6.42 Å². The fourth-order valence-electron chi connectivity index (χ4n) is 2.03. The normalized spacial score (nSPS) is 12.4. The van der Waals surface area contributed by atoms with Crippen LogP contribution < -0.4 is 5.32 Å². The summed E-state index contributed by atoms with van der Waals surface area (Å²) in [5.41, 5.74) is 4.47. The molecule has 0 saturated carbocycles. The summed E-state index contributed by atoms with van der Waals surface area (Å²) in [6.45, 7) is 4.11. The molecule has 0 fully saturated rings. The largest absolute Gasteiger partial charge is 0.308 e. The van der Waals surface area contributed by atoms with Crippen LogP contribution in [0, 0.1) is 6.92 Å². The molecule has 1 heterocycles. The summed E-state index contributed by atoms with van der Waals surface area (Å²) in [4.78, 5) is 8.77. The first kappa shape index (κ1) is 12.7. The van der Waals surface area contributed by atoms with Crippen molar-refractivity contribution in [2.45, 2.75) is 26.3 Å². The molecule has 2 aromatic rings. The van der Waals surface area contributed by atoms with E-state index in [1.807, 2.05) is 26.4 Å². The summed E-state index contributed by atoms with van der Waals surface area (Å²) in [7, 11) is 1.95. The molecule has 0 spiro atoms. The minimum Gasteiger partial charge on any atom is -0.308 e. The Morgan fingerprint density at radius 1 is 1.22 bits per heavy atom. The average Bonchev–Trinajstić information content (AvgIpc) is 2.42. The minimum atomic E-state index is 0.101. The second-order valence-corrected chi connectivity index (χ2v) is 4.40. The van der Waals surface area contributed by atoms with Crippen molar-refractivity contribution in [1.82, 2.24) is 15.3 Å². The van der Waals surface area contributed by atoms with E-state index in [0.29, 0.717) is 0 Å².